The lowest BCUT2D eigenvalue weighted by Crippen LogP contribution is -2.23. The third-order valence-corrected chi connectivity index (χ3v) is 4.57. The molecule has 1 fully saturated rings. The summed E-state index contributed by atoms with van der Waals surface area (Å²) in [5, 5.41) is 9.27. The number of aromatic nitrogens is 3. The van der Waals surface area contributed by atoms with Gasteiger partial charge in [-0.1, -0.05) is 28.9 Å². The molecule has 7 heteroatoms. The van der Waals surface area contributed by atoms with Crippen LogP contribution in [0.1, 0.15) is 17.5 Å². The zero-order valence-electron chi connectivity index (χ0n) is 14.4. The van der Waals surface area contributed by atoms with E-state index in [-0.39, 0.29) is 6.23 Å². The first-order valence-corrected chi connectivity index (χ1v) is 8.77. The van der Waals surface area contributed by atoms with Crippen LogP contribution < -0.4 is 9.64 Å². The van der Waals surface area contributed by atoms with Gasteiger partial charge in [0, 0.05) is 17.3 Å². The molecule has 26 heavy (non-hydrogen) atoms. The van der Waals surface area contributed by atoms with Gasteiger partial charge in [0.1, 0.15) is 11.4 Å². The Hall–Kier alpha value is -2.57. The molecule has 0 N–H and O–H groups in total. The lowest BCUT2D eigenvalue weighted by Gasteiger charge is -2.23. The number of benzene rings is 2. The molecule has 134 valence electrons. The van der Waals surface area contributed by atoms with E-state index in [1.807, 2.05) is 54.7 Å². The van der Waals surface area contributed by atoms with Crippen molar-refractivity contribution in [2.24, 2.45) is 0 Å². The Labute approximate surface area is 156 Å². The van der Waals surface area contributed by atoms with Gasteiger partial charge in [-0.2, -0.15) is 0 Å². The van der Waals surface area contributed by atoms with Crippen LogP contribution in [-0.4, -0.2) is 35.3 Å². The van der Waals surface area contributed by atoms with Gasteiger partial charge in [-0.3, -0.25) is 0 Å². The van der Waals surface area contributed by atoms with E-state index in [4.69, 9.17) is 21.1 Å². The Morgan fingerprint density at radius 1 is 1.23 bits per heavy atom. The molecule has 3 aromatic rings. The second-order valence-electron chi connectivity index (χ2n) is 6.09. The maximum atomic E-state index is 6.05. The highest BCUT2D eigenvalue weighted by Gasteiger charge is 2.29. The number of hydrogen-bond donors (Lipinski definition) is 0. The maximum absolute atomic E-state index is 6.05. The van der Waals surface area contributed by atoms with Gasteiger partial charge in [0.15, 0.2) is 6.23 Å². The van der Waals surface area contributed by atoms with Crippen LogP contribution in [0.4, 0.5) is 5.69 Å². The first kappa shape index (κ1) is 16.9. The highest BCUT2D eigenvalue weighted by atomic mass is 35.5. The molecule has 0 bridgehead atoms. The average Bonchev–Trinajstić information content (AvgIpc) is 3.31. The summed E-state index contributed by atoms with van der Waals surface area (Å²) in [5.74, 6) is 0.831. The van der Waals surface area contributed by atoms with Crippen molar-refractivity contribution in [3.63, 3.8) is 0 Å². The van der Waals surface area contributed by atoms with Gasteiger partial charge in [0.25, 0.3) is 0 Å². The van der Waals surface area contributed by atoms with E-state index < -0.39 is 0 Å². The summed E-state index contributed by atoms with van der Waals surface area (Å²) in [4.78, 5) is 2.17. The molecule has 0 saturated carbocycles. The minimum Gasteiger partial charge on any atom is -0.497 e. The highest BCUT2D eigenvalue weighted by molar-refractivity contribution is 6.30. The number of hydrogen-bond acceptors (Lipinski definition) is 5. The minimum atomic E-state index is -0.239. The summed E-state index contributed by atoms with van der Waals surface area (Å²) in [6, 6.07) is 15.7. The Morgan fingerprint density at radius 2 is 2.08 bits per heavy atom. The van der Waals surface area contributed by atoms with Crippen molar-refractivity contribution in [1.29, 1.82) is 0 Å². The molecule has 0 spiro atoms. The molecule has 1 atom stereocenters. The maximum Gasteiger partial charge on any atom is 0.177 e. The molecular formula is C19H19ClN4O2. The van der Waals surface area contributed by atoms with Gasteiger partial charge < -0.3 is 14.4 Å². The normalized spacial score (nSPS) is 16.8. The molecule has 0 amide bonds. The number of rotatable bonds is 5. The van der Waals surface area contributed by atoms with Crippen molar-refractivity contribution in [3.05, 3.63) is 71.0 Å². The van der Waals surface area contributed by atoms with E-state index in [2.05, 4.69) is 15.2 Å². The van der Waals surface area contributed by atoms with Gasteiger partial charge in [-0.05, 0) is 42.0 Å². The molecule has 0 unspecified atom stereocenters. The van der Waals surface area contributed by atoms with Crippen LogP contribution in [0.3, 0.4) is 0 Å². The standard InChI is InChI=1S/C19H19ClN4O2/c1-25-17-7-5-16(6-8-17)24-9-10-26-19(24)18-13-23(22-21-18)12-14-3-2-4-15(20)11-14/h2-8,11,13,19H,9-10,12H2,1H3/t19-/m0/s1. The van der Waals surface area contributed by atoms with Crippen molar-refractivity contribution in [2.75, 3.05) is 25.2 Å². The van der Waals surface area contributed by atoms with Crippen LogP contribution in [0.2, 0.25) is 5.02 Å². The van der Waals surface area contributed by atoms with Gasteiger partial charge >= 0.3 is 0 Å². The fraction of sp³-hybridized carbons (Fsp3) is 0.263. The molecular weight excluding hydrogens is 352 g/mol. The first-order chi connectivity index (χ1) is 12.7. The van der Waals surface area contributed by atoms with Gasteiger partial charge in [-0.15, -0.1) is 5.10 Å². The Balaban J connectivity index is 1.52. The molecule has 0 aliphatic carbocycles. The molecule has 2 heterocycles. The van der Waals surface area contributed by atoms with Gasteiger partial charge in [-0.25, -0.2) is 4.68 Å². The van der Waals surface area contributed by atoms with Gasteiger partial charge in [0.2, 0.25) is 0 Å². The van der Waals surface area contributed by atoms with Crippen LogP contribution in [-0.2, 0) is 11.3 Å². The number of anilines is 1. The predicted octanol–water partition coefficient (Wildman–Crippen LogP) is 3.52. The summed E-state index contributed by atoms with van der Waals surface area (Å²) in [5.41, 5.74) is 2.94. The van der Waals surface area contributed by atoms with E-state index in [1.54, 1.807) is 11.8 Å². The van der Waals surface area contributed by atoms with E-state index >= 15 is 0 Å². The summed E-state index contributed by atoms with van der Waals surface area (Å²) in [6.45, 7) is 2.07. The SMILES string of the molecule is COc1ccc(N2CCO[C@H]2c2cn(Cc3cccc(Cl)c3)nn2)cc1. The monoisotopic (exact) mass is 370 g/mol. The Kier molecular flexibility index (Phi) is 4.77. The minimum absolute atomic E-state index is 0.239. The lowest BCUT2D eigenvalue weighted by atomic mass is 10.2. The van der Waals surface area contributed by atoms with Crippen LogP contribution >= 0.6 is 11.6 Å². The molecule has 1 aromatic heterocycles. The Morgan fingerprint density at radius 3 is 2.85 bits per heavy atom. The largest absolute Gasteiger partial charge is 0.497 e. The average molecular weight is 371 g/mol. The van der Waals surface area contributed by atoms with E-state index in [0.29, 0.717) is 18.2 Å². The third-order valence-electron chi connectivity index (χ3n) is 4.34. The predicted molar refractivity (Wildman–Crippen MR) is 99.6 cm³/mol. The number of methoxy groups -OCH3 is 1. The topological polar surface area (TPSA) is 52.4 Å². The van der Waals surface area contributed by atoms with Crippen LogP contribution in [0, 0.1) is 0 Å². The molecule has 1 saturated heterocycles. The van der Waals surface area contributed by atoms with Crippen molar-refractivity contribution in [2.45, 2.75) is 12.8 Å². The zero-order chi connectivity index (χ0) is 17.9. The lowest BCUT2D eigenvalue weighted by molar-refractivity contribution is 0.110. The van der Waals surface area contributed by atoms with Crippen LogP contribution in [0.5, 0.6) is 5.75 Å². The fourth-order valence-electron chi connectivity index (χ4n) is 3.08. The van der Waals surface area contributed by atoms with Gasteiger partial charge in [0.05, 0.1) is 26.5 Å². The molecule has 6 nitrogen and oxygen atoms in total. The summed E-state index contributed by atoms with van der Waals surface area (Å²) >= 11 is 6.05. The van der Waals surface area contributed by atoms with Crippen molar-refractivity contribution in [3.8, 4) is 5.75 Å². The molecule has 1 aliphatic rings. The summed E-state index contributed by atoms with van der Waals surface area (Å²) in [6.07, 6.45) is 1.68. The smallest absolute Gasteiger partial charge is 0.177 e. The van der Waals surface area contributed by atoms with E-state index in [9.17, 15) is 0 Å². The number of ether oxygens (including phenoxy) is 2. The third kappa shape index (κ3) is 3.52. The molecule has 0 radical (unpaired) electrons. The zero-order valence-corrected chi connectivity index (χ0v) is 15.1. The fourth-order valence-corrected chi connectivity index (χ4v) is 3.29. The van der Waals surface area contributed by atoms with Crippen molar-refractivity contribution in [1.82, 2.24) is 15.0 Å². The molecule has 2 aromatic carbocycles. The quantitative estimate of drug-likeness (QED) is 0.687. The second-order valence-corrected chi connectivity index (χ2v) is 6.52. The van der Waals surface area contributed by atoms with E-state index in [1.165, 1.54) is 0 Å². The van der Waals surface area contributed by atoms with Crippen LogP contribution in [0.15, 0.2) is 54.7 Å². The number of halogens is 1. The summed E-state index contributed by atoms with van der Waals surface area (Å²) in [7, 11) is 1.66. The summed E-state index contributed by atoms with van der Waals surface area (Å²) < 4.78 is 12.9. The number of nitrogens with zero attached hydrogens (tertiary/aromatic N) is 4. The van der Waals surface area contributed by atoms with E-state index in [0.717, 1.165) is 29.2 Å². The molecule has 1 aliphatic heterocycles. The first-order valence-electron chi connectivity index (χ1n) is 8.40. The molecule has 4 rings (SSSR count). The second kappa shape index (κ2) is 7.35. The van der Waals surface area contributed by atoms with Crippen LogP contribution in [0.25, 0.3) is 0 Å². The van der Waals surface area contributed by atoms with Crippen molar-refractivity contribution < 1.29 is 9.47 Å². The highest BCUT2D eigenvalue weighted by Crippen LogP contribution is 2.32. The van der Waals surface area contributed by atoms with Crippen molar-refractivity contribution >= 4 is 17.3 Å². The Bertz CT molecular complexity index is 881.